The molecule has 1 amide bonds. The summed E-state index contributed by atoms with van der Waals surface area (Å²) in [6, 6.07) is 5.90. The van der Waals surface area contributed by atoms with Gasteiger partial charge in [-0.05, 0) is 37.0 Å². The number of benzene rings is 1. The number of rotatable bonds is 5. The second-order valence-electron chi connectivity index (χ2n) is 8.84. The van der Waals surface area contributed by atoms with E-state index >= 15 is 0 Å². The summed E-state index contributed by atoms with van der Waals surface area (Å²) in [4.78, 5) is 28.1. The van der Waals surface area contributed by atoms with Gasteiger partial charge in [-0.25, -0.2) is 4.79 Å². The van der Waals surface area contributed by atoms with E-state index < -0.39 is 30.5 Å². The number of hydrogen-bond donors (Lipinski definition) is 1. The van der Waals surface area contributed by atoms with Crippen LogP contribution in [0.25, 0.3) is 0 Å². The third kappa shape index (κ3) is 6.92. The normalized spacial score (nSPS) is 18.7. The van der Waals surface area contributed by atoms with Gasteiger partial charge in [-0.2, -0.15) is 26.3 Å². The number of halogens is 6. The van der Waals surface area contributed by atoms with Crippen molar-refractivity contribution in [1.29, 1.82) is 0 Å². The van der Waals surface area contributed by atoms with Crippen LogP contribution < -0.4 is 4.90 Å². The molecule has 13 heteroatoms. The fourth-order valence-corrected chi connectivity index (χ4v) is 4.29. The van der Waals surface area contributed by atoms with Crippen LogP contribution in [0.15, 0.2) is 18.2 Å². The molecule has 35 heavy (non-hydrogen) atoms. The van der Waals surface area contributed by atoms with Crippen LogP contribution in [0.4, 0.5) is 36.8 Å². The Morgan fingerprint density at radius 3 is 2.09 bits per heavy atom. The highest BCUT2D eigenvalue weighted by Crippen LogP contribution is 2.36. The number of carboxylic acid groups (broad SMARTS) is 1. The lowest BCUT2D eigenvalue weighted by Gasteiger charge is -2.37. The van der Waals surface area contributed by atoms with Gasteiger partial charge in [0.2, 0.25) is 0 Å². The molecule has 0 saturated carbocycles. The van der Waals surface area contributed by atoms with Gasteiger partial charge in [0, 0.05) is 51.5 Å². The Bertz CT molecular complexity index is 893. The van der Waals surface area contributed by atoms with E-state index in [9.17, 15) is 41.0 Å². The Hall–Kier alpha value is -2.70. The topological polar surface area (TPSA) is 73.3 Å². The number of anilines is 1. The van der Waals surface area contributed by atoms with Crippen molar-refractivity contribution in [3.63, 3.8) is 0 Å². The van der Waals surface area contributed by atoms with Gasteiger partial charge in [0.15, 0.2) is 0 Å². The monoisotopic (exact) mass is 511 g/mol. The highest BCUT2D eigenvalue weighted by Gasteiger charge is 2.60. The van der Waals surface area contributed by atoms with Crippen LogP contribution in [0.3, 0.4) is 0 Å². The highest BCUT2D eigenvalue weighted by atomic mass is 19.4. The van der Waals surface area contributed by atoms with Crippen LogP contribution in [0, 0.1) is 12.8 Å². The number of hydrogen-bond acceptors (Lipinski definition) is 5. The molecule has 196 valence electrons. The molecule has 3 rings (SSSR count). The Labute approximate surface area is 198 Å². The summed E-state index contributed by atoms with van der Waals surface area (Å²) < 4.78 is 79.8. The molecule has 0 aromatic heterocycles. The molecule has 2 aliphatic rings. The first-order valence-electron chi connectivity index (χ1n) is 11.1. The van der Waals surface area contributed by atoms with Gasteiger partial charge in [-0.3, -0.25) is 9.69 Å². The lowest BCUT2D eigenvalue weighted by molar-refractivity contribution is -0.308. The molecule has 0 radical (unpaired) electrons. The second-order valence-corrected chi connectivity index (χ2v) is 8.84. The summed E-state index contributed by atoms with van der Waals surface area (Å²) in [5.41, 5.74) is 2.96. The number of carboxylic acids is 1. The molecule has 2 saturated heterocycles. The summed E-state index contributed by atoms with van der Waals surface area (Å²) in [5, 5.41) is 9.22. The maximum Gasteiger partial charge on any atom is 0.434 e. The molecule has 0 atom stereocenters. The molecule has 0 bridgehead atoms. The molecule has 1 aromatic rings. The van der Waals surface area contributed by atoms with Crippen molar-refractivity contribution in [2.45, 2.75) is 44.8 Å². The number of nitrogens with zero attached hydrogens (tertiary/aromatic N) is 3. The summed E-state index contributed by atoms with van der Waals surface area (Å²) in [7, 11) is 0. The molecule has 0 unspecified atom stereocenters. The summed E-state index contributed by atoms with van der Waals surface area (Å²) in [6.07, 6.45) is -16.3. The van der Waals surface area contributed by atoms with Crippen LogP contribution in [0.5, 0.6) is 0 Å². The third-order valence-electron chi connectivity index (χ3n) is 6.26. The highest BCUT2D eigenvalue weighted by molar-refractivity contribution is 5.70. The van der Waals surface area contributed by atoms with Gasteiger partial charge >= 0.3 is 24.4 Å². The number of alkyl halides is 6. The molecular formula is C22H27F6N3O4. The van der Waals surface area contributed by atoms with Crippen molar-refractivity contribution in [3.05, 3.63) is 29.3 Å². The van der Waals surface area contributed by atoms with Crippen molar-refractivity contribution in [1.82, 2.24) is 9.80 Å². The number of amides is 1. The average molecular weight is 511 g/mol. The fraction of sp³-hybridized carbons (Fsp3) is 0.636. The molecule has 2 aliphatic heterocycles. The second kappa shape index (κ2) is 10.5. The number of aryl methyl sites for hydroxylation is 1. The summed E-state index contributed by atoms with van der Waals surface area (Å²) in [6.45, 7) is 3.92. The molecule has 2 heterocycles. The molecular weight excluding hydrogens is 484 g/mol. The Morgan fingerprint density at radius 1 is 1.00 bits per heavy atom. The number of aliphatic carboxylic acids is 1. The van der Waals surface area contributed by atoms with E-state index in [4.69, 9.17) is 0 Å². The Morgan fingerprint density at radius 2 is 1.57 bits per heavy atom. The molecule has 0 aliphatic carbocycles. The minimum Gasteiger partial charge on any atom is -0.481 e. The lowest BCUT2D eigenvalue weighted by atomic mass is 9.95. The summed E-state index contributed by atoms with van der Waals surface area (Å²) >= 11 is 0. The molecule has 1 aromatic carbocycles. The van der Waals surface area contributed by atoms with E-state index in [-0.39, 0.29) is 32.1 Å². The zero-order chi connectivity index (χ0) is 26.0. The van der Waals surface area contributed by atoms with Gasteiger partial charge in [0.05, 0.1) is 5.92 Å². The molecule has 0 spiro atoms. The molecule has 1 N–H and O–H groups in total. The van der Waals surface area contributed by atoms with Crippen molar-refractivity contribution < 1.29 is 45.8 Å². The lowest BCUT2D eigenvalue weighted by Crippen LogP contribution is -2.52. The Kier molecular flexibility index (Phi) is 8.07. The predicted molar refractivity (Wildman–Crippen MR) is 113 cm³/mol. The largest absolute Gasteiger partial charge is 0.481 e. The first kappa shape index (κ1) is 26.9. The SMILES string of the molecule is Cc1ccc(CN2CCN(C(=O)OC(C(F)(F)F)C(F)(F)F)CC2)c(N2CCC(C(=O)O)CC2)c1. The van der Waals surface area contributed by atoms with E-state index in [1.807, 2.05) is 30.0 Å². The minimum atomic E-state index is -5.75. The standard InChI is InChI=1S/C22H27F6N3O4/c1-14-2-3-16(17(12-14)30-6-4-15(5-7-30)18(32)33)13-29-8-10-31(11-9-29)20(34)35-19(21(23,24)25)22(26,27)28/h2-3,12,15,19H,4-11,13H2,1H3,(H,32,33). The van der Waals surface area contributed by atoms with Gasteiger partial charge in [0.25, 0.3) is 6.10 Å². The maximum absolute atomic E-state index is 12.7. The number of ether oxygens (including phenoxy) is 1. The van der Waals surface area contributed by atoms with E-state index in [0.717, 1.165) is 21.7 Å². The van der Waals surface area contributed by atoms with Gasteiger partial charge in [-0.15, -0.1) is 0 Å². The average Bonchev–Trinajstić information content (AvgIpc) is 2.77. The zero-order valence-corrected chi connectivity index (χ0v) is 19.0. The first-order chi connectivity index (χ1) is 16.3. The number of carbonyl (C=O) groups is 2. The zero-order valence-electron chi connectivity index (χ0n) is 19.0. The van der Waals surface area contributed by atoms with Gasteiger partial charge < -0.3 is 19.6 Å². The number of piperazine rings is 1. The number of carbonyl (C=O) groups excluding carboxylic acids is 1. The van der Waals surface area contributed by atoms with Crippen molar-refractivity contribution in [2.75, 3.05) is 44.2 Å². The van der Waals surface area contributed by atoms with Crippen molar-refractivity contribution in [2.24, 2.45) is 5.92 Å². The van der Waals surface area contributed by atoms with Crippen LogP contribution in [0.1, 0.15) is 24.0 Å². The maximum atomic E-state index is 12.7. The predicted octanol–water partition coefficient (Wildman–Crippen LogP) is 4.04. The third-order valence-corrected chi connectivity index (χ3v) is 6.26. The van der Waals surface area contributed by atoms with E-state index in [1.54, 1.807) is 0 Å². The summed E-state index contributed by atoms with van der Waals surface area (Å²) in [5.74, 6) is -1.18. The molecule has 2 fully saturated rings. The minimum absolute atomic E-state index is 0.0769. The van der Waals surface area contributed by atoms with Gasteiger partial charge in [-0.1, -0.05) is 12.1 Å². The fourth-order valence-electron chi connectivity index (χ4n) is 4.29. The van der Waals surface area contributed by atoms with Crippen LogP contribution in [-0.2, 0) is 16.1 Å². The number of piperidine rings is 1. The van der Waals surface area contributed by atoms with E-state index in [2.05, 4.69) is 9.64 Å². The van der Waals surface area contributed by atoms with Crippen molar-refractivity contribution >= 4 is 17.7 Å². The van der Waals surface area contributed by atoms with Crippen LogP contribution in [-0.4, -0.2) is 84.7 Å². The van der Waals surface area contributed by atoms with Crippen LogP contribution >= 0.6 is 0 Å². The smallest absolute Gasteiger partial charge is 0.434 e. The van der Waals surface area contributed by atoms with Gasteiger partial charge in [0.1, 0.15) is 0 Å². The van der Waals surface area contributed by atoms with Crippen molar-refractivity contribution in [3.8, 4) is 0 Å². The van der Waals surface area contributed by atoms with E-state index in [0.29, 0.717) is 32.5 Å². The quantitative estimate of drug-likeness (QED) is 0.602. The van der Waals surface area contributed by atoms with E-state index in [1.165, 1.54) is 0 Å². The Balaban J connectivity index is 1.59. The van der Waals surface area contributed by atoms with Crippen LogP contribution in [0.2, 0.25) is 0 Å². The molecule has 7 nitrogen and oxygen atoms in total. The first-order valence-corrected chi connectivity index (χ1v) is 11.1.